The van der Waals surface area contributed by atoms with Gasteiger partial charge in [-0.3, -0.25) is 5.10 Å². The van der Waals surface area contributed by atoms with Gasteiger partial charge in [-0.2, -0.15) is 5.10 Å². The third kappa shape index (κ3) is 3.01. The Kier molecular flexibility index (Phi) is 3.72. The van der Waals surface area contributed by atoms with Crippen LogP contribution in [-0.2, 0) is 6.54 Å². The summed E-state index contributed by atoms with van der Waals surface area (Å²) in [5.41, 5.74) is 1.99. The van der Waals surface area contributed by atoms with E-state index in [0.29, 0.717) is 12.4 Å². The van der Waals surface area contributed by atoms with E-state index in [4.69, 9.17) is 4.42 Å². The van der Waals surface area contributed by atoms with E-state index in [-0.39, 0.29) is 0 Å². The molecule has 0 aliphatic heterocycles. The molecule has 0 amide bonds. The molecule has 0 saturated carbocycles. The van der Waals surface area contributed by atoms with Crippen molar-refractivity contribution in [1.82, 2.24) is 15.2 Å². The Balaban J connectivity index is 1.74. The van der Waals surface area contributed by atoms with E-state index in [2.05, 4.69) is 43.1 Å². The summed E-state index contributed by atoms with van der Waals surface area (Å²) in [7, 11) is 0. The SMILES string of the molecule is Cc1nc(-c2cccc(NCc3ccc(I)o3)c2)n[nH]1. The summed E-state index contributed by atoms with van der Waals surface area (Å²) in [4.78, 5) is 4.33. The zero-order valence-corrected chi connectivity index (χ0v) is 13.0. The van der Waals surface area contributed by atoms with Gasteiger partial charge in [0.15, 0.2) is 9.59 Å². The largest absolute Gasteiger partial charge is 0.454 e. The predicted octanol–water partition coefficient (Wildman–Crippen LogP) is 3.59. The van der Waals surface area contributed by atoms with E-state index in [1.165, 1.54) is 0 Å². The topological polar surface area (TPSA) is 66.7 Å². The highest BCUT2D eigenvalue weighted by molar-refractivity contribution is 14.1. The van der Waals surface area contributed by atoms with E-state index < -0.39 is 0 Å². The molecular weight excluding hydrogens is 367 g/mol. The molecule has 3 rings (SSSR count). The van der Waals surface area contributed by atoms with Gasteiger partial charge in [-0.15, -0.1) is 0 Å². The van der Waals surface area contributed by atoms with Gasteiger partial charge in [-0.1, -0.05) is 12.1 Å². The highest BCUT2D eigenvalue weighted by Crippen LogP contribution is 2.20. The van der Waals surface area contributed by atoms with Gasteiger partial charge < -0.3 is 9.73 Å². The standard InChI is InChI=1S/C14H13IN4O/c1-9-17-14(19-18-9)10-3-2-4-11(7-10)16-8-12-5-6-13(15)20-12/h2-7,16H,8H2,1H3,(H,17,18,19). The second kappa shape index (κ2) is 5.66. The van der Waals surface area contributed by atoms with E-state index >= 15 is 0 Å². The number of aromatic amines is 1. The number of rotatable bonds is 4. The summed E-state index contributed by atoms with van der Waals surface area (Å²) in [6.45, 7) is 2.54. The van der Waals surface area contributed by atoms with Crippen molar-refractivity contribution in [2.45, 2.75) is 13.5 Å². The number of nitrogens with zero attached hydrogens (tertiary/aromatic N) is 2. The van der Waals surface area contributed by atoms with E-state index in [1.54, 1.807) is 0 Å². The van der Waals surface area contributed by atoms with Gasteiger partial charge >= 0.3 is 0 Å². The first-order valence-electron chi connectivity index (χ1n) is 6.18. The molecule has 0 aliphatic rings. The molecule has 2 N–H and O–H groups in total. The molecule has 0 spiro atoms. The van der Waals surface area contributed by atoms with Crippen molar-refractivity contribution >= 4 is 28.3 Å². The minimum atomic E-state index is 0.652. The third-order valence-corrected chi connectivity index (χ3v) is 3.39. The fourth-order valence-electron chi connectivity index (χ4n) is 1.88. The molecule has 2 heterocycles. The summed E-state index contributed by atoms with van der Waals surface area (Å²) in [6.07, 6.45) is 0. The average molecular weight is 380 g/mol. The first-order chi connectivity index (χ1) is 9.70. The zero-order chi connectivity index (χ0) is 13.9. The van der Waals surface area contributed by atoms with Crippen LogP contribution in [0.1, 0.15) is 11.6 Å². The van der Waals surface area contributed by atoms with Gasteiger partial charge in [0.25, 0.3) is 0 Å². The zero-order valence-electron chi connectivity index (χ0n) is 10.9. The summed E-state index contributed by atoms with van der Waals surface area (Å²) in [6, 6.07) is 11.9. The second-order valence-corrected chi connectivity index (χ2v) is 5.45. The summed E-state index contributed by atoms with van der Waals surface area (Å²) >= 11 is 2.16. The minimum absolute atomic E-state index is 0.652. The maximum Gasteiger partial charge on any atom is 0.181 e. The number of hydrogen-bond acceptors (Lipinski definition) is 4. The minimum Gasteiger partial charge on any atom is -0.454 e. The smallest absolute Gasteiger partial charge is 0.181 e. The van der Waals surface area contributed by atoms with E-state index in [1.807, 2.05) is 43.3 Å². The fraction of sp³-hybridized carbons (Fsp3) is 0.143. The molecule has 0 aliphatic carbocycles. The first-order valence-corrected chi connectivity index (χ1v) is 7.26. The molecule has 5 nitrogen and oxygen atoms in total. The summed E-state index contributed by atoms with van der Waals surface area (Å²) < 4.78 is 6.41. The summed E-state index contributed by atoms with van der Waals surface area (Å²) in [5, 5.41) is 10.3. The molecule has 3 aromatic rings. The Labute approximate surface area is 129 Å². The number of anilines is 1. The maximum absolute atomic E-state index is 5.52. The Morgan fingerprint density at radius 1 is 1.30 bits per heavy atom. The molecule has 2 aromatic heterocycles. The molecule has 0 saturated heterocycles. The van der Waals surface area contributed by atoms with Crippen molar-refractivity contribution in [1.29, 1.82) is 0 Å². The Bertz CT molecular complexity index is 719. The van der Waals surface area contributed by atoms with Crippen LogP contribution in [0, 0.1) is 10.7 Å². The molecule has 102 valence electrons. The molecule has 0 atom stereocenters. The van der Waals surface area contributed by atoms with Crippen LogP contribution >= 0.6 is 22.6 Å². The number of furan rings is 1. The monoisotopic (exact) mass is 380 g/mol. The van der Waals surface area contributed by atoms with Crippen molar-refractivity contribution in [3.05, 3.63) is 51.7 Å². The van der Waals surface area contributed by atoms with Crippen LogP contribution in [0.3, 0.4) is 0 Å². The van der Waals surface area contributed by atoms with Crippen molar-refractivity contribution in [2.75, 3.05) is 5.32 Å². The van der Waals surface area contributed by atoms with Crippen LogP contribution in [0.15, 0.2) is 40.8 Å². The molecule has 0 bridgehead atoms. The van der Waals surface area contributed by atoms with Gasteiger partial charge in [-0.25, -0.2) is 4.98 Å². The van der Waals surface area contributed by atoms with Crippen molar-refractivity contribution in [2.24, 2.45) is 0 Å². The molecule has 1 aromatic carbocycles. The number of hydrogen-bond donors (Lipinski definition) is 2. The molecule has 0 unspecified atom stereocenters. The quantitative estimate of drug-likeness (QED) is 0.679. The lowest BCUT2D eigenvalue weighted by molar-refractivity contribution is 0.493. The van der Waals surface area contributed by atoms with Gasteiger partial charge in [0.1, 0.15) is 11.6 Å². The lowest BCUT2D eigenvalue weighted by Crippen LogP contribution is -1.98. The normalized spacial score (nSPS) is 10.7. The third-order valence-electron chi connectivity index (χ3n) is 2.81. The van der Waals surface area contributed by atoms with E-state index in [9.17, 15) is 0 Å². The lowest BCUT2D eigenvalue weighted by Gasteiger charge is -2.05. The van der Waals surface area contributed by atoms with Crippen molar-refractivity contribution < 1.29 is 4.42 Å². The average Bonchev–Trinajstić information content (AvgIpc) is 3.06. The highest BCUT2D eigenvalue weighted by Gasteiger charge is 2.05. The first kappa shape index (κ1) is 13.2. The van der Waals surface area contributed by atoms with Crippen LogP contribution < -0.4 is 5.32 Å². The Hall–Kier alpha value is -1.83. The van der Waals surface area contributed by atoms with Crippen LogP contribution in [0.2, 0.25) is 0 Å². The van der Waals surface area contributed by atoms with E-state index in [0.717, 1.165) is 26.6 Å². The summed E-state index contributed by atoms with van der Waals surface area (Å²) in [5.74, 6) is 2.43. The van der Waals surface area contributed by atoms with Crippen LogP contribution in [0.5, 0.6) is 0 Å². The number of aromatic nitrogens is 3. The van der Waals surface area contributed by atoms with Gasteiger partial charge in [-0.05, 0) is 53.8 Å². The lowest BCUT2D eigenvalue weighted by atomic mass is 10.2. The van der Waals surface area contributed by atoms with Crippen LogP contribution in [0.25, 0.3) is 11.4 Å². The number of benzene rings is 1. The van der Waals surface area contributed by atoms with Gasteiger partial charge in [0.05, 0.1) is 6.54 Å². The number of H-pyrrole nitrogens is 1. The highest BCUT2D eigenvalue weighted by atomic mass is 127. The van der Waals surface area contributed by atoms with Crippen molar-refractivity contribution in [3.8, 4) is 11.4 Å². The molecule has 20 heavy (non-hydrogen) atoms. The molecule has 0 fully saturated rings. The van der Waals surface area contributed by atoms with Gasteiger partial charge in [0, 0.05) is 11.3 Å². The fourth-order valence-corrected chi connectivity index (χ4v) is 2.34. The van der Waals surface area contributed by atoms with Crippen LogP contribution in [0.4, 0.5) is 5.69 Å². The molecule has 6 heteroatoms. The number of aryl methyl sites for hydroxylation is 1. The molecule has 0 radical (unpaired) electrons. The second-order valence-electron chi connectivity index (χ2n) is 4.38. The Morgan fingerprint density at radius 2 is 2.20 bits per heavy atom. The van der Waals surface area contributed by atoms with Crippen LogP contribution in [-0.4, -0.2) is 15.2 Å². The molecular formula is C14H13IN4O. The predicted molar refractivity (Wildman–Crippen MR) is 85.3 cm³/mol. The van der Waals surface area contributed by atoms with Crippen molar-refractivity contribution in [3.63, 3.8) is 0 Å². The maximum atomic E-state index is 5.52. The van der Waals surface area contributed by atoms with Gasteiger partial charge in [0.2, 0.25) is 0 Å². The Morgan fingerprint density at radius 3 is 2.90 bits per heavy atom. The number of halogens is 1. The number of nitrogens with one attached hydrogen (secondary N) is 2.